The number of anilines is 1. The topological polar surface area (TPSA) is 61.9 Å². The minimum Gasteiger partial charge on any atom is -0.483 e. The van der Waals surface area contributed by atoms with Gasteiger partial charge in [0.25, 0.3) is 5.91 Å². The molecule has 1 aliphatic rings. The fourth-order valence-corrected chi connectivity index (χ4v) is 4.02. The van der Waals surface area contributed by atoms with E-state index in [0.29, 0.717) is 38.6 Å². The first kappa shape index (κ1) is 23.8. The third-order valence-electron chi connectivity index (χ3n) is 6.25. The Balaban J connectivity index is 1.45. The number of para-hydroxylation sites is 2. The van der Waals surface area contributed by atoms with Crippen molar-refractivity contribution in [3.8, 4) is 5.75 Å². The van der Waals surface area contributed by atoms with E-state index in [9.17, 15) is 9.59 Å². The fraction of sp³-hybridized carbons (Fsp3) is 0.462. The van der Waals surface area contributed by atoms with Crippen LogP contribution >= 0.6 is 0 Å². The lowest BCUT2D eigenvalue weighted by Crippen LogP contribution is -2.51. The Hall–Kier alpha value is -2.86. The molecule has 0 aliphatic carbocycles. The van der Waals surface area contributed by atoms with Gasteiger partial charge < -0.3 is 15.0 Å². The molecule has 0 radical (unpaired) electrons. The molecule has 0 bridgehead atoms. The molecule has 1 atom stereocenters. The molecule has 1 unspecified atom stereocenters. The molecule has 2 aromatic rings. The Morgan fingerprint density at radius 1 is 1.00 bits per heavy atom. The molecule has 0 spiro atoms. The van der Waals surface area contributed by atoms with Crippen LogP contribution in [0.4, 0.5) is 5.69 Å². The van der Waals surface area contributed by atoms with E-state index in [-0.39, 0.29) is 18.4 Å². The number of hydrogen-bond donors (Lipinski definition) is 1. The van der Waals surface area contributed by atoms with Crippen molar-refractivity contribution < 1.29 is 14.3 Å². The third kappa shape index (κ3) is 6.10. The normalized spacial score (nSPS) is 15.3. The van der Waals surface area contributed by atoms with Crippen molar-refractivity contribution in [1.82, 2.24) is 9.80 Å². The van der Waals surface area contributed by atoms with Gasteiger partial charge in [0, 0.05) is 31.9 Å². The maximum Gasteiger partial charge on any atom is 0.260 e. The van der Waals surface area contributed by atoms with Gasteiger partial charge in [-0.1, -0.05) is 50.2 Å². The average Bonchev–Trinajstić information content (AvgIpc) is 2.80. The van der Waals surface area contributed by atoms with Crippen LogP contribution in [0.1, 0.15) is 42.9 Å². The molecule has 172 valence electrons. The first-order valence-corrected chi connectivity index (χ1v) is 11.5. The summed E-state index contributed by atoms with van der Waals surface area (Å²) in [6.45, 7) is 11.2. The van der Waals surface area contributed by atoms with Gasteiger partial charge in [0.15, 0.2) is 6.61 Å². The Kier molecular flexibility index (Phi) is 8.28. The minimum atomic E-state index is -0.0211. The fourth-order valence-electron chi connectivity index (χ4n) is 4.02. The number of benzene rings is 2. The van der Waals surface area contributed by atoms with E-state index in [2.05, 4.69) is 30.1 Å². The zero-order chi connectivity index (χ0) is 23.1. The second-order valence-corrected chi connectivity index (χ2v) is 8.61. The summed E-state index contributed by atoms with van der Waals surface area (Å²) in [6, 6.07) is 13.9. The largest absolute Gasteiger partial charge is 0.483 e. The maximum atomic E-state index is 12.7. The van der Waals surface area contributed by atoms with Crippen molar-refractivity contribution in [1.29, 1.82) is 0 Å². The van der Waals surface area contributed by atoms with Crippen molar-refractivity contribution in [3.63, 3.8) is 0 Å². The lowest BCUT2D eigenvalue weighted by atomic mass is 9.98. The van der Waals surface area contributed by atoms with Crippen molar-refractivity contribution in [2.75, 3.05) is 44.6 Å². The summed E-state index contributed by atoms with van der Waals surface area (Å²) in [5.41, 5.74) is 4.15. The van der Waals surface area contributed by atoms with Crippen molar-refractivity contribution >= 4 is 17.5 Å². The Morgan fingerprint density at radius 3 is 2.31 bits per heavy atom. The highest BCUT2D eigenvalue weighted by Gasteiger charge is 2.23. The molecule has 1 fully saturated rings. The highest BCUT2D eigenvalue weighted by Crippen LogP contribution is 2.28. The molecule has 6 nitrogen and oxygen atoms in total. The first-order chi connectivity index (χ1) is 15.4. The van der Waals surface area contributed by atoms with Gasteiger partial charge in [-0.05, 0) is 48.9 Å². The number of nitrogens with zero attached hydrogens (tertiary/aromatic N) is 2. The quantitative estimate of drug-likeness (QED) is 0.679. The number of ether oxygens (including phenoxy) is 1. The van der Waals surface area contributed by atoms with Gasteiger partial charge >= 0.3 is 0 Å². The first-order valence-electron chi connectivity index (χ1n) is 11.5. The van der Waals surface area contributed by atoms with E-state index in [4.69, 9.17) is 4.74 Å². The van der Waals surface area contributed by atoms with Crippen LogP contribution in [0, 0.1) is 13.8 Å². The van der Waals surface area contributed by atoms with Crippen molar-refractivity contribution in [2.24, 2.45) is 0 Å². The Bertz CT molecular complexity index is 915. The second kappa shape index (κ2) is 11.1. The monoisotopic (exact) mass is 437 g/mol. The van der Waals surface area contributed by atoms with E-state index in [1.807, 2.05) is 55.1 Å². The summed E-state index contributed by atoms with van der Waals surface area (Å²) >= 11 is 0. The molecule has 3 rings (SSSR count). The Morgan fingerprint density at radius 2 is 1.66 bits per heavy atom. The number of amides is 2. The number of carbonyl (C=O) groups is 2. The van der Waals surface area contributed by atoms with Crippen molar-refractivity contribution in [2.45, 2.75) is 40.0 Å². The number of aryl methyl sites for hydroxylation is 2. The molecule has 1 heterocycles. The summed E-state index contributed by atoms with van der Waals surface area (Å²) in [4.78, 5) is 29.1. The molecule has 2 aromatic carbocycles. The van der Waals surface area contributed by atoms with Crippen LogP contribution in [0.5, 0.6) is 5.75 Å². The number of carbonyl (C=O) groups excluding carboxylic acids is 2. The number of piperazine rings is 1. The third-order valence-corrected chi connectivity index (χ3v) is 6.25. The zero-order valence-corrected chi connectivity index (χ0v) is 19.7. The molecule has 32 heavy (non-hydrogen) atoms. The predicted octanol–water partition coefficient (Wildman–Crippen LogP) is 3.98. The number of nitrogens with one attached hydrogen (secondary N) is 1. The molecular formula is C26H35N3O3. The number of hydrogen-bond acceptors (Lipinski definition) is 4. The number of rotatable bonds is 8. The minimum absolute atomic E-state index is 0.0106. The van der Waals surface area contributed by atoms with Crippen molar-refractivity contribution in [3.05, 3.63) is 59.2 Å². The van der Waals surface area contributed by atoms with E-state index in [1.165, 1.54) is 0 Å². The molecule has 6 heteroatoms. The molecule has 1 aliphatic heterocycles. The molecule has 1 N–H and O–H groups in total. The summed E-state index contributed by atoms with van der Waals surface area (Å²) in [5, 5.41) is 3.04. The van der Waals surface area contributed by atoms with Gasteiger partial charge in [0.2, 0.25) is 5.91 Å². The van der Waals surface area contributed by atoms with Crippen LogP contribution in [0.2, 0.25) is 0 Å². The van der Waals surface area contributed by atoms with E-state index >= 15 is 0 Å². The second-order valence-electron chi connectivity index (χ2n) is 8.61. The molecule has 0 aromatic heterocycles. The summed E-state index contributed by atoms with van der Waals surface area (Å²) in [7, 11) is 0. The zero-order valence-electron chi connectivity index (χ0n) is 19.7. The van der Waals surface area contributed by atoms with Crippen LogP contribution in [0.3, 0.4) is 0 Å². The summed E-state index contributed by atoms with van der Waals surface area (Å²) < 4.78 is 5.89. The highest BCUT2D eigenvalue weighted by molar-refractivity contribution is 5.93. The summed E-state index contributed by atoms with van der Waals surface area (Å²) in [6.07, 6.45) is 1.02. The average molecular weight is 438 g/mol. The van der Waals surface area contributed by atoms with E-state index in [0.717, 1.165) is 34.5 Å². The highest BCUT2D eigenvalue weighted by atomic mass is 16.5. The SMILES string of the molecule is CCC(C)c1ccccc1OCC(=O)N1CCN(CC(=O)Nc2c(C)cccc2C)CC1. The van der Waals surface area contributed by atoms with E-state index < -0.39 is 0 Å². The van der Waals surface area contributed by atoms with Crippen LogP contribution in [0.25, 0.3) is 0 Å². The predicted molar refractivity (Wildman–Crippen MR) is 128 cm³/mol. The molecular weight excluding hydrogens is 402 g/mol. The van der Waals surface area contributed by atoms with Crippen LogP contribution < -0.4 is 10.1 Å². The lowest BCUT2D eigenvalue weighted by Gasteiger charge is -2.34. The molecule has 1 saturated heterocycles. The van der Waals surface area contributed by atoms with Gasteiger partial charge in [-0.3, -0.25) is 14.5 Å². The van der Waals surface area contributed by atoms with Crippen LogP contribution in [-0.4, -0.2) is 60.9 Å². The van der Waals surface area contributed by atoms with Gasteiger partial charge in [-0.25, -0.2) is 0 Å². The standard InChI is InChI=1S/C26H35N3O3/c1-5-19(2)22-11-6-7-12-23(22)32-18-25(31)29-15-13-28(14-16-29)17-24(30)27-26-20(3)9-8-10-21(26)4/h6-12,19H,5,13-18H2,1-4H3,(H,27,30). The van der Waals surface area contributed by atoms with Crippen LogP contribution in [0.15, 0.2) is 42.5 Å². The Labute approximate surface area is 191 Å². The van der Waals surface area contributed by atoms with Gasteiger partial charge in [0.1, 0.15) is 5.75 Å². The van der Waals surface area contributed by atoms with Gasteiger partial charge in [-0.15, -0.1) is 0 Å². The molecule has 0 saturated carbocycles. The lowest BCUT2D eigenvalue weighted by molar-refractivity contribution is -0.135. The maximum absolute atomic E-state index is 12.7. The molecule has 2 amide bonds. The van der Waals surface area contributed by atoms with E-state index in [1.54, 1.807) is 0 Å². The smallest absolute Gasteiger partial charge is 0.260 e. The van der Waals surface area contributed by atoms with Gasteiger partial charge in [0.05, 0.1) is 6.54 Å². The summed E-state index contributed by atoms with van der Waals surface area (Å²) in [5.74, 6) is 1.15. The van der Waals surface area contributed by atoms with Crippen LogP contribution in [-0.2, 0) is 9.59 Å². The van der Waals surface area contributed by atoms with Gasteiger partial charge in [-0.2, -0.15) is 0 Å².